The quantitative estimate of drug-likeness (QED) is 0.296. The van der Waals surface area contributed by atoms with Crippen LogP contribution in [0, 0.1) is 6.92 Å². The number of rotatable bonds is 6. The molecule has 4 rings (SSSR count). The maximum Gasteiger partial charge on any atom is 0.295 e. The molecule has 0 aromatic heterocycles. The van der Waals surface area contributed by atoms with Crippen molar-refractivity contribution in [3.63, 3.8) is 0 Å². The number of nitrogens with zero attached hydrogens (tertiary/aromatic N) is 1. The van der Waals surface area contributed by atoms with Gasteiger partial charge < -0.3 is 19.5 Å². The number of carbonyl (C=O) groups excluding carboxylic acids is 2. The number of ether oxygens (including phenoxy) is 2. The molecule has 1 N–H and O–H groups in total. The molecule has 1 saturated heterocycles. The zero-order valence-electron chi connectivity index (χ0n) is 19.0. The molecule has 0 spiro atoms. The van der Waals surface area contributed by atoms with Crippen LogP contribution in [0.15, 0.2) is 72.3 Å². The number of ketones is 1. The van der Waals surface area contributed by atoms with Crippen LogP contribution in [0.1, 0.15) is 28.3 Å². The SMILES string of the molecule is COc1ccccc1CN1C(=O)C(=O)/C(=C(/O)c2cc(Cl)ccc2OC)C1c1ccccc1C. The van der Waals surface area contributed by atoms with Crippen LogP contribution in [0.5, 0.6) is 11.5 Å². The molecule has 1 heterocycles. The summed E-state index contributed by atoms with van der Waals surface area (Å²) in [6.07, 6.45) is 0. The van der Waals surface area contributed by atoms with Gasteiger partial charge in [0.05, 0.1) is 37.9 Å². The fourth-order valence-electron chi connectivity index (χ4n) is 4.29. The van der Waals surface area contributed by atoms with E-state index >= 15 is 0 Å². The van der Waals surface area contributed by atoms with Gasteiger partial charge in [-0.3, -0.25) is 9.59 Å². The summed E-state index contributed by atoms with van der Waals surface area (Å²) in [7, 11) is 3.01. The highest BCUT2D eigenvalue weighted by atomic mass is 35.5. The number of para-hydroxylation sites is 1. The Bertz CT molecular complexity index is 1300. The van der Waals surface area contributed by atoms with Gasteiger partial charge in [-0.1, -0.05) is 54.1 Å². The third-order valence-corrected chi connectivity index (χ3v) is 6.21. The topological polar surface area (TPSA) is 76.1 Å². The van der Waals surface area contributed by atoms with E-state index in [0.29, 0.717) is 16.5 Å². The highest BCUT2D eigenvalue weighted by Gasteiger charge is 2.47. The van der Waals surface area contributed by atoms with E-state index in [2.05, 4.69) is 0 Å². The lowest BCUT2D eigenvalue weighted by Crippen LogP contribution is -2.29. The van der Waals surface area contributed by atoms with Crippen molar-refractivity contribution in [1.29, 1.82) is 0 Å². The van der Waals surface area contributed by atoms with Gasteiger partial charge in [-0.05, 0) is 42.3 Å². The molecule has 174 valence electrons. The van der Waals surface area contributed by atoms with Crippen LogP contribution in [0.2, 0.25) is 5.02 Å². The molecule has 1 aliphatic heterocycles. The number of benzene rings is 3. The van der Waals surface area contributed by atoms with E-state index in [4.69, 9.17) is 21.1 Å². The molecule has 3 aromatic rings. The Labute approximate surface area is 203 Å². The average molecular weight is 478 g/mol. The molecule has 1 aliphatic rings. The van der Waals surface area contributed by atoms with E-state index < -0.39 is 17.7 Å². The third kappa shape index (κ3) is 4.13. The Morgan fingerprint density at radius 3 is 2.35 bits per heavy atom. The van der Waals surface area contributed by atoms with Crippen LogP contribution in [0.25, 0.3) is 5.76 Å². The lowest BCUT2D eigenvalue weighted by Gasteiger charge is -2.27. The number of methoxy groups -OCH3 is 2. The van der Waals surface area contributed by atoms with Gasteiger partial charge >= 0.3 is 0 Å². The van der Waals surface area contributed by atoms with Crippen molar-refractivity contribution in [2.75, 3.05) is 14.2 Å². The Morgan fingerprint density at radius 1 is 0.971 bits per heavy atom. The first-order chi connectivity index (χ1) is 16.4. The van der Waals surface area contributed by atoms with E-state index in [1.165, 1.54) is 18.1 Å². The Kier molecular flexibility index (Phi) is 6.61. The fraction of sp³-hybridized carbons (Fsp3) is 0.185. The molecule has 34 heavy (non-hydrogen) atoms. The molecule has 0 aliphatic carbocycles. The normalized spacial score (nSPS) is 17.2. The first-order valence-electron chi connectivity index (χ1n) is 10.7. The number of hydrogen-bond donors (Lipinski definition) is 1. The summed E-state index contributed by atoms with van der Waals surface area (Å²) in [5, 5.41) is 11.7. The van der Waals surface area contributed by atoms with E-state index in [-0.39, 0.29) is 23.4 Å². The first-order valence-corrected chi connectivity index (χ1v) is 11.0. The highest BCUT2D eigenvalue weighted by Crippen LogP contribution is 2.43. The van der Waals surface area contributed by atoms with Gasteiger partial charge in [0.1, 0.15) is 17.3 Å². The van der Waals surface area contributed by atoms with Crippen LogP contribution in [-0.2, 0) is 16.1 Å². The molecule has 0 bridgehead atoms. The Morgan fingerprint density at radius 2 is 1.65 bits per heavy atom. The number of halogens is 1. The molecule has 1 fully saturated rings. The Balaban J connectivity index is 1.94. The minimum atomic E-state index is -0.810. The van der Waals surface area contributed by atoms with E-state index in [1.807, 2.05) is 49.4 Å². The minimum Gasteiger partial charge on any atom is -0.507 e. The number of aliphatic hydroxyl groups is 1. The van der Waals surface area contributed by atoms with Gasteiger partial charge in [0, 0.05) is 10.6 Å². The molecule has 6 nitrogen and oxygen atoms in total. The molecule has 1 unspecified atom stereocenters. The molecule has 7 heteroatoms. The van der Waals surface area contributed by atoms with Crippen molar-refractivity contribution in [3.05, 3.63) is 99.6 Å². The summed E-state index contributed by atoms with van der Waals surface area (Å²) in [4.78, 5) is 28.1. The molecular weight excluding hydrogens is 454 g/mol. The monoisotopic (exact) mass is 477 g/mol. The number of Topliss-reactive ketones (excluding diaryl/α,β-unsaturated/α-hetero) is 1. The second kappa shape index (κ2) is 9.61. The molecule has 1 atom stereocenters. The second-order valence-corrected chi connectivity index (χ2v) is 8.38. The summed E-state index contributed by atoms with van der Waals surface area (Å²) in [6, 6.07) is 18.7. The summed E-state index contributed by atoms with van der Waals surface area (Å²) < 4.78 is 10.8. The first kappa shape index (κ1) is 23.4. The molecule has 1 amide bonds. The summed E-state index contributed by atoms with van der Waals surface area (Å²) >= 11 is 6.17. The van der Waals surface area contributed by atoms with E-state index in [0.717, 1.165) is 16.7 Å². The van der Waals surface area contributed by atoms with Crippen molar-refractivity contribution < 1.29 is 24.2 Å². The van der Waals surface area contributed by atoms with Crippen LogP contribution < -0.4 is 9.47 Å². The highest BCUT2D eigenvalue weighted by molar-refractivity contribution is 6.46. The van der Waals surface area contributed by atoms with Gasteiger partial charge in [0.2, 0.25) is 0 Å². The second-order valence-electron chi connectivity index (χ2n) is 7.94. The van der Waals surface area contributed by atoms with Gasteiger partial charge in [-0.25, -0.2) is 0 Å². The van der Waals surface area contributed by atoms with Crippen molar-refractivity contribution >= 4 is 29.1 Å². The van der Waals surface area contributed by atoms with E-state index in [1.54, 1.807) is 25.3 Å². The zero-order chi connectivity index (χ0) is 24.4. The molecule has 0 radical (unpaired) electrons. The Hall–Kier alpha value is -3.77. The predicted molar refractivity (Wildman–Crippen MR) is 130 cm³/mol. The maximum atomic E-state index is 13.3. The summed E-state index contributed by atoms with van der Waals surface area (Å²) in [6.45, 7) is 2.02. The van der Waals surface area contributed by atoms with Crippen LogP contribution in [0.3, 0.4) is 0 Å². The van der Waals surface area contributed by atoms with Gasteiger partial charge in [0.15, 0.2) is 0 Å². The average Bonchev–Trinajstić information content (AvgIpc) is 3.09. The molecule has 0 saturated carbocycles. The molecular formula is C27H24ClNO5. The van der Waals surface area contributed by atoms with Crippen molar-refractivity contribution in [1.82, 2.24) is 4.90 Å². The number of aliphatic hydroxyl groups excluding tert-OH is 1. The number of carbonyl (C=O) groups is 2. The number of amides is 1. The summed E-state index contributed by atoms with van der Waals surface area (Å²) in [5.41, 5.74) is 2.58. The lowest BCUT2D eigenvalue weighted by molar-refractivity contribution is -0.140. The lowest BCUT2D eigenvalue weighted by atomic mass is 9.92. The smallest absolute Gasteiger partial charge is 0.295 e. The van der Waals surface area contributed by atoms with Crippen LogP contribution in [0.4, 0.5) is 0 Å². The zero-order valence-corrected chi connectivity index (χ0v) is 19.8. The summed E-state index contributed by atoms with van der Waals surface area (Å²) in [5.74, 6) is -0.885. The van der Waals surface area contributed by atoms with Gasteiger partial charge in [-0.15, -0.1) is 0 Å². The van der Waals surface area contributed by atoms with Crippen LogP contribution >= 0.6 is 11.6 Å². The van der Waals surface area contributed by atoms with Crippen LogP contribution in [-0.4, -0.2) is 35.9 Å². The number of hydrogen-bond acceptors (Lipinski definition) is 5. The minimum absolute atomic E-state index is 0.0187. The third-order valence-electron chi connectivity index (χ3n) is 5.97. The van der Waals surface area contributed by atoms with Crippen molar-refractivity contribution in [2.24, 2.45) is 0 Å². The maximum absolute atomic E-state index is 13.3. The number of likely N-dealkylation sites (tertiary alicyclic amines) is 1. The van der Waals surface area contributed by atoms with Crippen molar-refractivity contribution in [3.8, 4) is 11.5 Å². The van der Waals surface area contributed by atoms with Crippen molar-refractivity contribution in [2.45, 2.75) is 19.5 Å². The van der Waals surface area contributed by atoms with Gasteiger partial charge in [0.25, 0.3) is 11.7 Å². The largest absolute Gasteiger partial charge is 0.507 e. The standard InChI is InChI=1S/C27H24ClNO5/c1-16-8-4-6-10-19(16)24-23(25(30)20-14-18(28)12-13-22(20)34-3)26(31)27(32)29(24)15-17-9-5-7-11-21(17)33-2/h4-14,24,30H,15H2,1-3H3/b25-23+. The van der Waals surface area contributed by atoms with E-state index in [9.17, 15) is 14.7 Å². The number of aryl methyl sites for hydroxylation is 1. The molecule has 3 aromatic carbocycles. The fourth-order valence-corrected chi connectivity index (χ4v) is 4.46. The van der Waals surface area contributed by atoms with Gasteiger partial charge in [-0.2, -0.15) is 0 Å². The predicted octanol–water partition coefficient (Wildman–Crippen LogP) is 5.29.